The zero-order chi connectivity index (χ0) is 25.4. The number of halogens is 2. The van der Waals surface area contributed by atoms with Crippen LogP contribution in [0.5, 0.6) is 0 Å². The maximum absolute atomic E-state index is 14.3. The third-order valence-electron chi connectivity index (χ3n) is 6.10. The number of nitrogens with zero attached hydrogens (tertiary/aromatic N) is 2. The van der Waals surface area contributed by atoms with Crippen LogP contribution >= 0.6 is 11.3 Å². The summed E-state index contributed by atoms with van der Waals surface area (Å²) in [4.78, 5) is 33.3. The number of anilines is 3. The van der Waals surface area contributed by atoms with Gasteiger partial charge in [0.05, 0.1) is 27.3 Å². The first-order chi connectivity index (χ1) is 17.4. The van der Waals surface area contributed by atoms with Crippen LogP contribution in [0.1, 0.15) is 31.2 Å². The SMILES string of the molecule is CNc1ccc(C(=O)N2CCc3cc(C(=O)Nc4c(C)cccc4F)sc3-c3ncc(F)cc32)cc1. The lowest BCUT2D eigenvalue weighted by Gasteiger charge is -2.22. The number of rotatable bonds is 4. The van der Waals surface area contributed by atoms with Gasteiger partial charge in [-0.05, 0) is 60.9 Å². The zero-order valence-corrected chi connectivity index (χ0v) is 20.4. The minimum Gasteiger partial charge on any atom is -0.388 e. The molecule has 36 heavy (non-hydrogen) atoms. The van der Waals surface area contributed by atoms with Crippen molar-refractivity contribution in [1.29, 1.82) is 0 Å². The van der Waals surface area contributed by atoms with Crippen molar-refractivity contribution >= 4 is 40.2 Å². The molecule has 3 heterocycles. The number of para-hydroxylation sites is 1. The molecule has 0 spiro atoms. The van der Waals surface area contributed by atoms with Gasteiger partial charge in [0.1, 0.15) is 17.3 Å². The monoisotopic (exact) mass is 504 g/mol. The molecular formula is C27H22F2N4O2S. The maximum Gasteiger partial charge on any atom is 0.265 e. The van der Waals surface area contributed by atoms with Gasteiger partial charge in [-0.25, -0.2) is 8.78 Å². The Bertz CT molecular complexity index is 1460. The number of fused-ring (bicyclic) bond motifs is 3. The lowest BCUT2D eigenvalue weighted by molar-refractivity contribution is 0.0985. The molecule has 0 aliphatic carbocycles. The molecular weight excluding hydrogens is 482 g/mol. The lowest BCUT2D eigenvalue weighted by Crippen LogP contribution is -2.32. The summed E-state index contributed by atoms with van der Waals surface area (Å²) in [6.07, 6.45) is 1.54. The summed E-state index contributed by atoms with van der Waals surface area (Å²) in [6, 6.07) is 14.6. The fourth-order valence-electron chi connectivity index (χ4n) is 4.20. The Hall–Kier alpha value is -4.11. The smallest absolute Gasteiger partial charge is 0.265 e. The first kappa shape index (κ1) is 23.6. The van der Waals surface area contributed by atoms with Gasteiger partial charge in [0.15, 0.2) is 0 Å². The number of hydrogen-bond donors (Lipinski definition) is 2. The second kappa shape index (κ2) is 9.50. The van der Waals surface area contributed by atoms with Crippen molar-refractivity contribution in [3.05, 3.63) is 94.0 Å². The van der Waals surface area contributed by atoms with Crippen LogP contribution in [-0.4, -0.2) is 30.4 Å². The van der Waals surface area contributed by atoms with E-state index < -0.39 is 17.5 Å². The Kier molecular flexibility index (Phi) is 6.24. The molecule has 2 N–H and O–H groups in total. The van der Waals surface area contributed by atoms with Gasteiger partial charge in [-0.3, -0.25) is 14.6 Å². The van der Waals surface area contributed by atoms with Crippen LogP contribution in [0.25, 0.3) is 10.6 Å². The van der Waals surface area contributed by atoms with Crippen LogP contribution in [0.4, 0.5) is 25.8 Å². The number of aryl methyl sites for hydroxylation is 1. The standard InChI is InChI=1S/C27H22F2N4O2S/c1-15-4-3-5-20(29)23(15)32-26(34)22-12-17-10-11-33(27(35)16-6-8-19(30-2)9-7-16)21-13-18(28)14-31-24(21)25(17)36-22/h3-9,12-14,30H,10-11H2,1-2H3,(H,32,34). The molecule has 1 aliphatic heterocycles. The summed E-state index contributed by atoms with van der Waals surface area (Å²) in [5.74, 6) is -1.79. The molecule has 2 aromatic heterocycles. The van der Waals surface area contributed by atoms with E-state index in [4.69, 9.17) is 0 Å². The molecule has 182 valence electrons. The summed E-state index contributed by atoms with van der Waals surface area (Å²) < 4.78 is 28.5. The molecule has 2 amide bonds. The quantitative estimate of drug-likeness (QED) is 0.363. The van der Waals surface area contributed by atoms with Crippen LogP contribution in [0.2, 0.25) is 0 Å². The van der Waals surface area contributed by atoms with E-state index in [9.17, 15) is 18.4 Å². The average Bonchev–Trinajstić information content (AvgIpc) is 3.24. The number of thiophene rings is 1. The minimum absolute atomic E-state index is 0.132. The molecule has 0 bridgehead atoms. The maximum atomic E-state index is 14.3. The van der Waals surface area contributed by atoms with Crippen molar-refractivity contribution in [2.24, 2.45) is 0 Å². The van der Waals surface area contributed by atoms with Crippen molar-refractivity contribution in [2.75, 3.05) is 29.1 Å². The second-order valence-electron chi connectivity index (χ2n) is 8.41. The van der Waals surface area contributed by atoms with E-state index in [1.165, 1.54) is 28.4 Å². The van der Waals surface area contributed by atoms with Crippen LogP contribution in [0.15, 0.2) is 60.8 Å². The van der Waals surface area contributed by atoms with E-state index in [1.54, 1.807) is 56.4 Å². The molecule has 0 radical (unpaired) electrons. The largest absolute Gasteiger partial charge is 0.388 e. The lowest BCUT2D eigenvalue weighted by atomic mass is 10.1. The number of hydrogen-bond acceptors (Lipinski definition) is 5. The van der Waals surface area contributed by atoms with Crippen LogP contribution < -0.4 is 15.5 Å². The third kappa shape index (κ3) is 4.33. The summed E-state index contributed by atoms with van der Waals surface area (Å²) in [7, 11) is 1.79. The predicted octanol–water partition coefficient (Wildman–Crippen LogP) is 5.89. The number of pyridine rings is 1. The summed E-state index contributed by atoms with van der Waals surface area (Å²) in [5, 5.41) is 5.67. The normalized spacial score (nSPS) is 12.4. The predicted molar refractivity (Wildman–Crippen MR) is 138 cm³/mol. The zero-order valence-electron chi connectivity index (χ0n) is 19.6. The number of carbonyl (C=O) groups is 2. The molecule has 0 saturated carbocycles. The first-order valence-electron chi connectivity index (χ1n) is 11.3. The molecule has 2 aromatic carbocycles. The topological polar surface area (TPSA) is 74.3 Å². The molecule has 0 saturated heterocycles. The van der Waals surface area contributed by atoms with Gasteiger partial charge < -0.3 is 15.5 Å². The Balaban J connectivity index is 1.50. The summed E-state index contributed by atoms with van der Waals surface area (Å²) in [6.45, 7) is 2.00. The van der Waals surface area contributed by atoms with Gasteiger partial charge in [-0.1, -0.05) is 12.1 Å². The molecule has 9 heteroatoms. The van der Waals surface area contributed by atoms with E-state index in [-0.39, 0.29) is 18.1 Å². The van der Waals surface area contributed by atoms with Gasteiger partial charge in [0.2, 0.25) is 0 Å². The molecule has 6 nitrogen and oxygen atoms in total. The van der Waals surface area contributed by atoms with Crippen molar-refractivity contribution in [3.8, 4) is 10.6 Å². The highest BCUT2D eigenvalue weighted by molar-refractivity contribution is 7.17. The van der Waals surface area contributed by atoms with Crippen LogP contribution in [-0.2, 0) is 6.42 Å². The molecule has 0 fully saturated rings. The van der Waals surface area contributed by atoms with Crippen LogP contribution in [0.3, 0.4) is 0 Å². The highest BCUT2D eigenvalue weighted by Crippen LogP contribution is 2.41. The van der Waals surface area contributed by atoms with Gasteiger partial charge in [0.25, 0.3) is 11.8 Å². The number of carbonyl (C=O) groups excluding carboxylic acids is 2. The van der Waals surface area contributed by atoms with Gasteiger partial charge in [-0.15, -0.1) is 11.3 Å². The second-order valence-corrected chi connectivity index (χ2v) is 9.46. The Morgan fingerprint density at radius 2 is 1.86 bits per heavy atom. The summed E-state index contributed by atoms with van der Waals surface area (Å²) >= 11 is 1.19. The highest BCUT2D eigenvalue weighted by Gasteiger charge is 2.29. The third-order valence-corrected chi connectivity index (χ3v) is 7.29. The van der Waals surface area contributed by atoms with Crippen molar-refractivity contribution in [3.63, 3.8) is 0 Å². The molecule has 0 atom stereocenters. The van der Waals surface area contributed by atoms with Gasteiger partial charge in [-0.2, -0.15) is 0 Å². The number of amides is 2. The van der Waals surface area contributed by atoms with Crippen molar-refractivity contribution < 1.29 is 18.4 Å². The summed E-state index contributed by atoms with van der Waals surface area (Å²) in [5.41, 5.74) is 3.67. The molecule has 5 rings (SSSR count). The highest BCUT2D eigenvalue weighted by atomic mass is 32.1. The fraction of sp³-hybridized carbons (Fsp3) is 0.148. The first-order valence-corrected chi connectivity index (χ1v) is 12.1. The molecule has 4 aromatic rings. The molecule has 0 unspecified atom stereocenters. The van der Waals surface area contributed by atoms with Gasteiger partial charge >= 0.3 is 0 Å². The number of nitrogens with one attached hydrogen (secondary N) is 2. The number of benzene rings is 2. The Labute approximate surface area is 210 Å². The Morgan fingerprint density at radius 3 is 2.58 bits per heavy atom. The van der Waals surface area contributed by atoms with E-state index in [2.05, 4.69) is 15.6 Å². The van der Waals surface area contributed by atoms with E-state index in [1.807, 2.05) is 0 Å². The van der Waals surface area contributed by atoms with Crippen molar-refractivity contribution in [2.45, 2.75) is 13.3 Å². The Morgan fingerprint density at radius 1 is 1.08 bits per heavy atom. The fourth-order valence-corrected chi connectivity index (χ4v) is 5.31. The van der Waals surface area contributed by atoms with Crippen molar-refractivity contribution in [1.82, 2.24) is 4.98 Å². The number of aromatic nitrogens is 1. The van der Waals surface area contributed by atoms with E-state index >= 15 is 0 Å². The van der Waals surface area contributed by atoms with E-state index in [0.29, 0.717) is 38.7 Å². The van der Waals surface area contributed by atoms with E-state index in [0.717, 1.165) is 17.4 Å². The average molecular weight is 505 g/mol. The van der Waals surface area contributed by atoms with Crippen LogP contribution in [0, 0.1) is 18.6 Å². The van der Waals surface area contributed by atoms with Gasteiger partial charge in [0, 0.05) is 30.9 Å². The molecule has 1 aliphatic rings. The minimum atomic E-state index is -0.565.